The van der Waals surface area contributed by atoms with E-state index in [4.69, 9.17) is 9.47 Å². The summed E-state index contributed by atoms with van der Waals surface area (Å²) in [6, 6.07) is 34.5. The van der Waals surface area contributed by atoms with Gasteiger partial charge in [-0.1, -0.05) is 42.5 Å². The number of piperazine rings is 1. The van der Waals surface area contributed by atoms with Gasteiger partial charge in [-0.15, -0.1) is 0 Å². The minimum absolute atomic E-state index is 0.00530. The molecule has 2 saturated heterocycles. The first-order chi connectivity index (χ1) is 27.7. The van der Waals surface area contributed by atoms with Gasteiger partial charge in [0.2, 0.25) is 0 Å². The maximum atomic E-state index is 13.9. The van der Waals surface area contributed by atoms with E-state index in [1.807, 2.05) is 73.8 Å². The molecule has 2 aliphatic heterocycles. The molecule has 1 amide bonds. The van der Waals surface area contributed by atoms with Gasteiger partial charge in [-0.2, -0.15) is 0 Å². The number of carbonyl (C=O) groups excluding carboxylic acids is 1. The number of hydrogen-bond donors (Lipinski definition) is 3. The molecule has 0 bridgehead atoms. The van der Waals surface area contributed by atoms with Gasteiger partial charge in [0.15, 0.2) is 0 Å². The van der Waals surface area contributed by atoms with Crippen molar-refractivity contribution in [3.8, 4) is 11.5 Å². The maximum absolute atomic E-state index is 13.9. The van der Waals surface area contributed by atoms with Crippen LogP contribution in [0.4, 0.5) is 15.8 Å². The van der Waals surface area contributed by atoms with E-state index in [0.29, 0.717) is 24.8 Å². The summed E-state index contributed by atoms with van der Waals surface area (Å²) < 4.78 is 55.4. The van der Waals surface area contributed by atoms with Gasteiger partial charge in [0.1, 0.15) is 17.3 Å². The molecule has 1 unspecified atom stereocenters. The number of aromatic nitrogens is 1. The molecule has 0 aliphatic carbocycles. The molecule has 6 aromatic rings. The van der Waals surface area contributed by atoms with Crippen molar-refractivity contribution in [1.29, 1.82) is 0 Å². The van der Waals surface area contributed by atoms with Crippen molar-refractivity contribution in [3.63, 3.8) is 0 Å². The highest BCUT2D eigenvalue weighted by Gasteiger charge is 2.28. The summed E-state index contributed by atoms with van der Waals surface area (Å²) in [5, 5.41) is 4.38. The highest BCUT2D eigenvalue weighted by atomic mass is 32.2. The summed E-state index contributed by atoms with van der Waals surface area (Å²) in [4.78, 5) is 21.7. The molecule has 1 atom stereocenters. The van der Waals surface area contributed by atoms with Crippen LogP contribution in [0.2, 0.25) is 0 Å². The Kier molecular flexibility index (Phi) is 11.3. The van der Waals surface area contributed by atoms with Crippen molar-refractivity contribution >= 4 is 38.2 Å². The van der Waals surface area contributed by atoms with E-state index in [1.54, 1.807) is 24.3 Å². The zero-order valence-corrected chi connectivity index (χ0v) is 32.6. The van der Waals surface area contributed by atoms with Crippen LogP contribution in [0, 0.1) is 18.7 Å². The Balaban J connectivity index is 1.02. The lowest BCUT2D eigenvalue weighted by molar-refractivity contribution is 0.0699. The van der Waals surface area contributed by atoms with E-state index in [2.05, 4.69) is 37.0 Å². The molecule has 12 heteroatoms. The fourth-order valence-corrected chi connectivity index (χ4v) is 8.83. The minimum atomic E-state index is -4.23. The number of ether oxygens (including phenoxy) is 2. The average Bonchev–Trinajstić information content (AvgIpc) is 3.70. The van der Waals surface area contributed by atoms with Gasteiger partial charge >= 0.3 is 0 Å². The second kappa shape index (κ2) is 16.8. The second-order valence-electron chi connectivity index (χ2n) is 14.7. The van der Waals surface area contributed by atoms with Crippen LogP contribution in [0.15, 0.2) is 126 Å². The number of halogens is 1. The average molecular weight is 788 g/mol. The second-order valence-corrected chi connectivity index (χ2v) is 16.4. The first kappa shape index (κ1) is 38.2. The molecule has 2 aliphatic rings. The van der Waals surface area contributed by atoms with Crippen LogP contribution in [0.25, 0.3) is 10.9 Å². The van der Waals surface area contributed by atoms with Gasteiger partial charge in [-0.3, -0.25) is 9.69 Å². The number of aromatic amines is 1. The van der Waals surface area contributed by atoms with E-state index in [1.165, 1.54) is 18.2 Å². The van der Waals surface area contributed by atoms with Crippen molar-refractivity contribution in [2.45, 2.75) is 30.7 Å². The molecule has 0 radical (unpaired) electrons. The molecule has 0 saturated carbocycles. The number of aryl methyl sites for hydroxylation is 1. The minimum Gasteiger partial charge on any atom is -0.456 e. The van der Waals surface area contributed by atoms with E-state index in [-0.39, 0.29) is 28.1 Å². The van der Waals surface area contributed by atoms with Crippen LogP contribution in [-0.4, -0.2) is 70.1 Å². The third-order valence-corrected chi connectivity index (χ3v) is 12.3. The Labute approximate surface area is 332 Å². The number of carbonyl (C=O) groups is 1. The number of nitrogens with zero attached hydrogens (tertiary/aromatic N) is 2. The number of sulfonamides is 1. The largest absolute Gasteiger partial charge is 0.456 e. The number of amides is 1. The summed E-state index contributed by atoms with van der Waals surface area (Å²) in [7, 11) is -4.23. The Morgan fingerprint density at radius 1 is 0.877 bits per heavy atom. The number of rotatable bonds is 12. The number of H-pyrrole nitrogens is 1. The summed E-state index contributed by atoms with van der Waals surface area (Å²) in [6.07, 6.45) is 3.82. The van der Waals surface area contributed by atoms with Crippen LogP contribution in [-0.2, 0) is 14.8 Å². The van der Waals surface area contributed by atoms with E-state index in [9.17, 15) is 17.6 Å². The normalized spacial score (nSPS) is 16.0. The molecule has 57 heavy (non-hydrogen) atoms. The molecule has 10 nitrogen and oxygen atoms in total. The number of benzene rings is 5. The molecule has 8 rings (SSSR count). The zero-order chi connectivity index (χ0) is 39.4. The lowest BCUT2D eigenvalue weighted by Gasteiger charge is -2.40. The lowest BCUT2D eigenvalue weighted by atomic mass is 9.96. The van der Waals surface area contributed by atoms with Crippen molar-refractivity contribution in [3.05, 3.63) is 150 Å². The Morgan fingerprint density at radius 3 is 2.39 bits per heavy atom. The fraction of sp³-hybridized carbons (Fsp3) is 0.267. The number of nitrogens with one attached hydrogen (secondary N) is 3. The van der Waals surface area contributed by atoms with Crippen LogP contribution < -0.4 is 19.7 Å². The quantitative estimate of drug-likeness (QED) is 0.114. The predicted octanol–water partition coefficient (Wildman–Crippen LogP) is 8.28. The van der Waals surface area contributed by atoms with E-state index < -0.39 is 15.9 Å². The molecule has 3 heterocycles. The number of anilines is 2. The monoisotopic (exact) mass is 787 g/mol. The first-order valence-electron chi connectivity index (χ1n) is 19.4. The predicted molar refractivity (Wildman–Crippen MR) is 221 cm³/mol. The number of hydrogen-bond acceptors (Lipinski definition) is 8. The van der Waals surface area contributed by atoms with Crippen LogP contribution >= 0.6 is 0 Å². The van der Waals surface area contributed by atoms with Gasteiger partial charge in [0.05, 0.1) is 16.5 Å². The highest BCUT2D eigenvalue weighted by Crippen LogP contribution is 2.35. The smallest absolute Gasteiger partial charge is 0.268 e. The highest BCUT2D eigenvalue weighted by molar-refractivity contribution is 7.90. The van der Waals surface area contributed by atoms with Crippen LogP contribution in [0.5, 0.6) is 11.5 Å². The van der Waals surface area contributed by atoms with Gasteiger partial charge < -0.3 is 24.7 Å². The molecule has 0 spiro atoms. The SMILES string of the molecule is Cc1cc(S(=O)(=O)NC(=O)c2ccc(N3CCN(C(c4ccccc4)c4ccc(F)cc4)CC3)cc2Oc2ccc3[nH]ccc3c2)ccc1NCC1CCOCC1. The van der Waals surface area contributed by atoms with Crippen molar-refractivity contribution in [2.75, 3.05) is 56.2 Å². The summed E-state index contributed by atoms with van der Waals surface area (Å²) in [6.45, 7) is 6.95. The van der Waals surface area contributed by atoms with Gasteiger partial charge in [0, 0.05) is 80.5 Å². The summed E-state index contributed by atoms with van der Waals surface area (Å²) >= 11 is 0. The number of fused-ring (bicyclic) bond motifs is 1. The topological polar surface area (TPSA) is 116 Å². The van der Waals surface area contributed by atoms with Crippen molar-refractivity contribution in [1.82, 2.24) is 14.6 Å². The van der Waals surface area contributed by atoms with Crippen LogP contribution in [0.1, 0.15) is 45.9 Å². The molecular weight excluding hydrogens is 742 g/mol. The lowest BCUT2D eigenvalue weighted by Crippen LogP contribution is -2.48. The van der Waals surface area contributed by atoms with Crippen LogP contribution in [0.3, 0.4) is 0 Å². The Hall–Kier alpha value is -5.69. The fourth-order valence-electron chi connectivity index (χ4n) is 7.78. The Bertz CT molecular complexity index is 2440. The van der Waals surface area contributed by atoms with Crippen molar-refractivity contribution in [2.24, 2.45) is 5.92 Å². The summed E-state index contributed by atoms with van der Waals surface area (Å²) in [5.74, 6) is 0.168. The molecule has 3 N–H and O–H groups in total. The van der Waals surface area contributed by atoms with Gasteiger partial charge in [-0.05, 0) is 109 Å². The summed E-state index contributed by atoms with van der Waals surface area (Å²) in [5.41, 5.74) is 5.62. The maximum Gasteiger partial charge on any atom is 0.268 e. The third-order valence-electron chi connectivity index (χ3n) is 11.0. The Morgan fingerprint density at radius 2 is 1.63 bits per heavy atom. The van der Waals surface area contributed by atoms with E-state index in [0.717, 1.165) is 84.7 Å². The van der Waals surface area contributed by atoms with Gasteiger partial charge in [0.25, 0.3) is 15.9 Å². The molecule has 1 aromatic heterocycles. The molecule has 294 valence electrons. The third kappa shape index (κ3) is 8.83. The standard InChI is InChI=1S/C45H46FN5O5S/c1-31-27-39(13-16-41(31)48-30-32-18-25-55-26-19-32)57(53,54)49-45(52)40-14-11-37(29-43(40)56-38-12-15-42-35(28-38)17-20-47-42)50-21-23-51(24-22-50)44(33-5-3-2-4-6-33)34-7-9-36(46)10-8-34/h2-17,20,27-29,32,44,47-48H,18-19,21-26,30H2,1H3,(H,49,52). The van der Waals surface area contributed by atoms with E-state index >= 15 is 0 Å². The molecule has 2 fully saturated rings. The van der Waals surface area contributed by atoms with Crippen molar-refractivity contribution < 1.29 is 27.1 Å². The molecule has 5 aromatic carbocycles. The first-order valence-corrected chi connectivity index (χ1v) is 20.9. The van der Waals surface area contributed by atoms with Gasteiger partial charge in [-0.25, -0.2) is 17.5 Å². The molecular formula is C45H46FN5O5S. The zero-order valence-electron chi connectivity index (χ0n) is 31.8.